The van der Waals surface area contributed by atoms with Crippen molar-refractivity contribution in [2.45, 2.75) is 19.3 Å². The van der Waals surface area contributed by atoms with Crippen molar-refractivity contribution in [2.24, 2.45) is 0 Å². The van der Waals surface area contributed by atoms with E-state index in [1.807, 2.05) is 12.1 Å². The Morgan fingerprint density at radius 3 is 2.57 bits per heavy atom. The molecule has 2 aromatic rings. The van der Waals surface area contributed by atoms with Crippen molar-refractivity contribution in [3.8, 4) is 0 Å². The summed E-state index contributed by atoms with van der Waals surface area (Å²) in [5.41, 5.74) is 1.91. The molecule has 0 spiro atoms. The monoisotopic (exact) mass is 349 g/mol. The minimum Gasteiger partial charge on any atom is -0.370 e. The lowest BCUT2D eigenvalue weighted by atomic mass is 10.1. The molecule has 1 aromatic heterocycles. The third-order valence-electron chi connectivity index (χ3n) is 3.84. The minimum atomic E-state index is -0.134. The molecule has 4 nitrogen and oxygen atoms in total. The van der Waals surface area contributed by atoms with E-state index in [4.69, 9.17) is 23.2 Å². The van der Waals surface area contributed by atoms with Crippen molar-refractivity contribution in [3.63, 3.8) is 0 Å². The molecule has 1 N–H and O–H groups in total. The van der Waals surface area contributed by atoms with E-state index in [0.29, 0.717) is 15.9 Å². The molecule has 1 aliphatic rings. The third kappa shape index (κ3) is 4.15. The van der Waals surface area contributed by atoms with E-state index in [9.17, 15) is 4.79 Å². The molecular formula is C17H17Cl2N3O. The SMILES string of the molecule is O=C(Cc1ccc(Cl)c(Cl)c1)Nc1ccc(N2CCCC2)cn1. The average molecular weight is 350 g/mol. The van der Waals surface area contributed by atoms with Gasteiger partial charge in [0, 0.05) is 13.1 Å². The Morgan fingerprint density at radius 1 is 1.13 bits per heavy atom. The fourth-order valence-electron chi connectivity index (χ4n) is 2.64. The Labute approximate surface area is 145 Å². The van der Waals surface area contributed by atoms with Crippen LogP contribution in [0.3, 0.4) is 0 Å². The quantitative estimate of drug-likeness (QED) is 0.900. The highest BCUT2D eigenvalue weighted by atomic mass is 35.5. The van der Waals surface area contributed by atoms with E-state index in [1.54, 1.807) is 24.4 Å². The Balaban J connectivity index is 1.59. The lowest BCUT2D eigenvalue weighted by Crippen LogP contribution is -2.18. The highest BCUT2D eigenvalue weighted by Gasteiger charge is 2.13. The summed E-state index contributed by atoms with van der Waals surface area (Å²) in [5, 5.41) is 3.73. The molecule has 2 heterocycles. The molecule has 1 amide bonds. The van der Waals surface area contributed by atoms with Crippen LogP contribution in [0.2, 0.25) is 10.0 Å². The predicted molar refractivity (Wildman–Crippen MR) is 94.5 cm³/mol. The van der Waals surface area contributed by atoms with Crippen LogP contribution in [0.5, 0.6) is 0 Å². The van der Waals surface area contributed by atoms with Crippen LogP contribution in [0.4, 0.5) is 11.5 Å². The van der Waals surface area contributed by atoms with Gasteiger partial charge in [0.1, 0.15) is 5.82 Å². The lowest BCUT2D eigenvalue weighted by Gasteiger charge is -2.17. The van der Waals surface area contributed by atoms with E-state index in [1.165, 1.54) is 12.8 Å². The van der Waals surface area contributed by atoms with Gasteiger partial charge in [-0.05, 0) is 42.7 Å². The number of hydrogen-bond donors (Lipinski definition) is 1. The maximum atomic E-state index is 12.1. The molecule has 3 rings (SSSR count). The highest BCUT2D eigenvalue weighted by molar-refractivity contribution is 6.42. The van der Waals surface area contributed by atoms with Gasteiger partial charge in [-0.15, -0.1) is 0 Å². The van der Waals surface area contributed by atoms with Crippen molar-refractivity contribution in [1.29, 1.82) is 0 Å². The van der Waals surface area contributed by atoms with Gasteiger partial charge in [0.2, 0.25) is 5.91 Å². The zero-order chi connectivity index (χ0) is 16.2. The molecule has 1 aliphatic heterocycles. The van der Waals surface area contributed by atoms with E-state index in [0.717, 1.165) is 24.3 Å². The molecular weight excluding hydrogens is 333 g/mol. The van der Waals surface area contributed by atoms with Gasteiger partial charge in [-0.3, -0.25) is 4.79 Å². The molecule has 0 atom stereocenters. The third-order valence-corrected chi connectivity index (χ3v) is 4.57. The van der Waals surface area contributed by atoms with Gasteiger partial charge >= 0.3 is 0 Å². The molecule has 23 heavy (non-hydrogen) atoms. The van der Waals surface area contributed by atoms with Gasteiger partial charge in [0.25, 0.3) is 0 Å². The van der Waals surface area contributed by atoms with Crippen LogP contribution < -0.4 is 10.2 Å². The number of hydrogen-bond acceptors (Lipinski definition) is 3. The number of aromatic nitrogens is 1. The first-order valence-corrected chi connectivity index (χ1v) is 8.32. The standard InChI is InChI=1S/C17H17Cl2N3O/c18-14-5-3-12(9-15(14)19)10-17(23)21-16-6-4-13(11-20-16)22-7-1-2-8-22/h3-6,9,11H,1-2,7-8,10H2,(H,20,21,23). The largest absolute Gasteiger partial charge is 0.370 e. The number of halogens is 2. The molecule has 0 bridgehead atoms. The zero-order valence-corrected chi connectivity index (χ0v) is 14.1. The van der Waals surface area contributed by atoms with Crippen LogP contribution in [0.25, 0.3) is 0 Å². The number of amides is 1. The Morgan fingerprint density at radius 2 is 1.91 bits per heavy atom. The zero-order valence-electron chi connectivity index (χ0n) is 12.6. The minimum absolute atomic E-state index is 0.134. The lowest BCUT2D eigenvalue weighted by molar-refractivity contribution is -0.115. The fourth-order valence-corrected chi connectivity index (χ4v) is 2.97. The van der Waals surface area contributed by atoms with Gasteiger partial charge in [-0.1, -0.05) is 29.3 Å². The van der Waals surface area contributed by atoms with Crippen LogP contribution >= 0.6 is 23.2 Å². The van der Waals surface area contributed by atoms with Crippen LogP contribution in [0.1, 0.15) is 18.4 Å². The van der Waals surface area contributed by atoms with Gasteiger partial charge in [0.05, 0.1) is 28.4 Å². The number of benzene rings is 1. The summed E-state index contributed by atoms with van der Waals surface area (Å²) in [6.07, 6.45) is 4.48. The predicted octanol–water partition coefficient (Wildman–Crippen LogP) is 4.17. The van der Waals surface area contributed by atoms with E-state index >= 15 is 0 Å². The average Bonchev–Trinajstić information content (AvgIpc) is 3.06. The number of nitrogens with one attached hydrogen (secondary N) is 1. The number of carbonyl (C=O) groups is 1. The summed E-state index contributed by atoms with van der Waals surface area (Å²) in [4.78, 5) is 18.7. The van der Waals surface area contributed by atoms with Crippen molar-refractivity contribution in [2.75, 3.05) is 23.3 Å². The summed E-state index contributed by atoms with van der Waals surface area (Å²) in [5.74, 6) is 0.419. The summed E-state index contributed by atoms with van der Waals surface area (Å²) in [6.45, 7) is 2.15. The maximum Gasteiger partial charge on any atom is 0.229 e. The van der Waals surface area contributed by atoms with Crippen molar-refractivity contribution in [1.82, 2.24) is 4.98 Å². The fraction of sp³-hybridized carbons (Fsp3) is 0.294. The molecule has 1 saturated heterocycles. The second-order valence-electron chi connectivity index (χ2n) is 5.57. The van der Waals surface area contributed by atoms with Crippen LogP contribution in [-0.2, 0) is 11.2 Å². The maximum absolute atomic E-state index is 12.1. The first-order chi connectivity index (χ1) is 11.1. The number of nitrogens with zero attached hydrogens (tertiary/aromatic N) is 2. The summed E-state index contributed by atoms with van der Waals surface area (Å²) >= 11 is 11.8. The van der Waals surface area contributed by atoms with Crippen LogP contribution in [0, 0.1) is 0 Å². The molecule has 0 aliphatic carbocycles. The molecule has 120 valence electrons. The Bertz CT molecular complexity index is 697. The van der Waals surface area contributed by atoms with E-state index < -0.39 is 0 Å². The number of anilines is 2. The van der Waals surface area contributed by atoms with Crippen molar-refractivity contribution in [3.05, 3.63) is 52.1 Å². The second-order valence-corrected chi connectivity index (χ2v) is 6.38. The number of rotatable bonds is 4. The second kappa shape index (κ2) is 7.20. The topological polar surface area (TPSA) is 45.2 Å². The molecule has 0 unspecified atom stereocenters. The normalized spacial score (nSPS) is 14.1. The highest BCUT2D eigenvalue weighted by Crippen LogP contribution is 2.23. The van der Waals surface area contributed by atoms with Crippen molar-refractivity contribution >= 4 is 40.6 Å². The van der Waals surface area contributed by atoms with E-state index in [-0.39, 0.29) is 12.3 Å². The Hall–Kier alpha value is -1.78. The van der Waals surface area contributed by atoms with E-state index in [2.05, 4.69) is 15.2 Å². The number of carbonyl (C=O) groups excluding carboxylic acids is 1. The molecule has 1 fully saturated rings. The van der Waals surface area contributed by atoms with Gasteiger partial charge < -0.3 is 10.2 Å². The van der Waals surface area contributed by atoms with Crippen molar-refractivity contribution < 1.29 is 4.79 Å². The van der Waals surface area contributed by atoms with Crippen LogP contribution in [-0.4, -0.2) is 24.0 Å². The molecule has 0 saturated carbocycles. The summed E-state index contributed by atoms with van der Waals surface area (Å²) < 4.78 is 0. The molecule has 6 heteroatoms. The first-order valence-electron chi connectivity index (χ1n) is 7.56. The Kier molecular flexibility index (Phi) is 5.03. The first kappa shape index (κ1) is 16.1. The van der Waals surface area contributed by atoms with Gasteiger partial charge in [-0.2, -0.15) is 0 Å². The number of pyridine rings is 1. The van der Waals surface area contributed by atoms with Gasteiger partial charge in [0.15, 0.2) is 0 Å². The molecule has 1 aromatic carbocycles. The smallest absolute Gasteiger partial charge is 0.229 e. The van der Waals surface area contributed by atoms with Crippen LogP contribution in [0.15, 0.2) is 36.5 Å². The van der Waals surface area contributed by atoms with Gasteiger partial charge in [-0.25, -0.2) is 4.98 Å². The molecule has 0 radical (unpaired) electrons. The summed E-state index contributed by atoms with van der Waals surface area (Å²) in [7, 11) is 0. The summed E-state index contributed by atoms with van der Waals surface area (Å²) in [6, 6.07) is 9.01.